The molecule has 2 heterocycles. The first-order valence-corrected chi connectivity index (χ1v) is 7.26. The molecule has 10 heteroatoms. The summed E-state index contributed by atoms with van der Waals surface area (Å²) in [6.45, 7) is -0.594. The molecule has 0 aliphatic carbocycles. The van der Waals surface area contributed by atoms with E-state index in [1.165, 1.54) is 30.5 Å². The summed E-state index contributed by atoms with van der Waals surface area (Å²) in [5.41, 5.74) is 2.82. The molecule has 1 aromatic carbocycles. The van der Waals surface area contributed by atoms with Crippen LogP contribution in [0, 0.1) is 0 Å². The molecule has 0 unspecified atom stereocenters. The molecular weight excluding hydrogens is 330 g/mol. The van der Waals surface area contributed by atoms with Crippen LogP contribution in [-0.4, -0.2) is 51.6 Å². The number of hydrogen-bond donors (Lipinski definition) is 3. The van der Waals surface area contributed by atoms with Crippen molar-refractivity contribution in [1.82, 2.24) is 20.2 Å². The molecule has 0 spiro atoms. The summed E-state index contributed by atoms with van der Waals surface area (Å²) in [6.07, 6.45) is 2.53. The molecule has 2 amide bonds. The van der Waals surface area contributed by atoms with Crippen LogP contribution < -0.4 is 15.5 Å². The Morgan fingerprint density at radius 3 is 2.80 bits per heavy atom. The number of nitrogens with zero attached hydrogens (tertiary/aromatic N) is 3. The van der Waals surface area contributed by atoms with Crippen LogP contribution in [0.3, 0.4) is 0 Å². The number of aliphatic hydroxyl groups is 1. The number of para-hydroxylation sites is 1. The molecule has 130 valence electrons. The summed E-state index contributed by atoms with van der Waals surface area (Å²) in [5, 5.41) is 19.5. The van der Waals surface area contributed by atoms with Crippen molar-refractivity contribution >= 4 is 22.8 Å². The third-order valence-corrected chi connectivity index (χ3v) is 3.41. The SMILES string of the molecule is COc1cccc2cc(C(=O)N[C@@H](CO)C(=O)Nn3cnnc3)oc12. The van der Waals surface area contributed by atoms with Gasteiger partial charge in [0.2, 0.25) is 0 Å². The Balaban J connectivity index is 1.74. The maximum atomic E-state index is 12.3. The lowest BCUT2D eigenvalue weighted by molar-refractivity contribution is -0.119. The van der Waals surface area contributed by atoms with E-state index < -0.39 is 24.5 Å². The van der Waals surface area contributed by atoms with Gasteiger partial charge in [0, 0.05) is 5.39 Å². The van der Waals surface area contributed by atoms with Crippen LogP contribution in [0.2, 0.25) is 0 Å². The van der Waals surface area contributed by atoms with Gasteiger partial charge in [-0.25, -0.2) is 4.68 Å². The van der Waals surface area contributed by atoms with Gasteiger partial charge in [0.15, 0.2) is 17.1 Å². The second kappa shape index (κ2) is 7.01. The number of fused-ring (bicyclic) bond motifs is 1. The van der Waals surface area contributed by atoms with Crippen molar-refractivity contribution in [2.45, 2.75) is 6.04 Å². The third kappa shape index (κ3) is 3.43. The van der Waals surface area contributed by atoms with Crippen LogP contribution >= 0.6 is 0 Å². The van der Waals surface area contributed by atoms with E-state index in [1.54, 1.807) is 18.2 Å². The Morgan fingerprint density at radius 2 is 2.12 bits per heavy atom. The van der Waals surface area contributed by atoms with Crippen molar-refractivity contribution in [2.24, 2.45) is 0 Å². The second-order valence-corrected chi connectivity index (χ2v) is 5.04. The molecule has 3 N–H and O–H groups in total. The highest BCUT2D eigenvalue weighted by Gasteiger charge is 2.23. The van der Waals surface area contributed by atoms with E-state index in [9.17, 15) is 14.7 Å². The van der Waals surface area contributed by atoms with E-state index in [0.29, 0.717) is 16.7 Å². The lowest BCUT2D eigenvalue weighted by Crippen LogP contribution is -2.47. The number of hydrogen-bond acceptors (Lipinski definition) is 7. The van der Waals surface area contributed by atoms with Crippen LogP contribution in [0.15, 0.2) is 41.3 Å². The lowest BCUT2D eigenvalue weighted by atomic mass is 10.2. The van der Waals surface area contributed by atoms with Gasteiger partial charge < -0.3 is 19.6 Å². The molecule has 0 bridgehead atoms. The standard InChI is InChI=1S/C15H15N5O5/c1-24-11-4-2-3-9-5-12(25-13(9)11)15(23)18-10(6-21)14(22)19-20-7-16-17-8-20/h2-5,7-8,10,21H,6H2,1H3,(H,18,23)(H,19,22)/t10-/m0/s1. The number of aliphatic hydroxyl groups excluding tert-OH is 1. The first kappa shape index (κ1) is 16.5. The van der Waals surface area contributed by atoms with Crippen molar-refractivity contribution < 1.29 is 23.8 Å². The Labute approximate surface area is 141 Å². The molecule has 10 nitrogen and oxygen atoms in total. The van der Waals surface area contributed by atoms with Crippen molar-refractivity contribution in [2.75, 3.05) is 19.1 Å². The number of nitrogens with one attached hydrogen (secondary N) is 2. The topological polar surface area (TPSA) is 132 Å². The van der Waals surface area contributed by atoms with E-state index in [1.807, 2.05) is 0 Å². The summed E-state index contributed by atoms with van der Waals surface area (Å²) >= 11 is 0. The number of rotatable bonds is 6. The Kier molecular flexibility index (Phi) is 4.61. The van der Waals surface area contributed by atoms with Gasteiger partial charge >= 0.3 is 0 Å². The van der Waals surface area contributed by atoms with Gasteiger partial charge in [0.25, 0.3) is 11.8 Å². The number of carbonyl (C=O) groups is 2. The third-order valence-electron chi connectivity index (χ3n) is 3.41. The largest absolute Gasteiger partial charge is 0.493 e. The minimum absolute atomic E-state index is 0.00459. The number of furan rings is 1. The fourth-order valence-electron chi connectivity index (χ4n) is 2.20. The monoisotopic (exact) mass is 345 g/mol. The summed E-state index contributed by atoms with van der Waals surface area (Å²) < 4.78 is 11.9. The first-order valence-electron chi connectivity index (χ1n) is 7.26. The smallest absolute Gasteiger partial charge is 0.287 e. The van der Waals surface area contributed by atoms with E-state index in [2.05, 4.69) is 20.9 Å². The number of methoxy groups -OCH3 is 1. The molecule has 0 fully saturated rings. The Morgan fingerprint density at radius 1 is 1.36 bits per heavy atom. The summed E-state index contributed by atoms with van der Waals surface area (Å²) in [6, 6.07) is 5.59. The van der Waals surface area contributed by atoms with Crippen LogP contribution in [0.5, 0.6) is 5.75 Å². The van der Waals surface area contributed by atoms with Gasteiger partial charge in [0.1, 0.15) is 18.7 Å². The second-order valence-electron chi connectivity index (χ2n) is 5.04. The van der Waals surface area contributed by atoms with Crippen molar-refractivity contribution in [1.29, 1.82) is 0 Å². The molecule has 3 rings (SSSR count). The van der Waals surface area contributed by atoms with Gasteiger partial charge in [-0.3, -0.25) is 15.0 Å². The van der Waals surface area contributed by atoms with Gasteiger partial charge in [-0.15, -0.1) is 10.2 Å². The predicted octanol–water partition coefficient (Wildman–Crippen LogP) is -0.106. The average molecular weight is 345 g/mol. The quantitative estimate of drug-likeness (QED) is 0.568. The molecule has 2 aromatic heterocycles. The number of carbonyl (C=O) groups excluding carboxylic acids is 2. The fourth-order valence-corrected chi connectivity index (χ4v) is 2.20. The first-order chi connectivity index (χ1) is 12.1. The van der Waals surface area contributed by atoms with E-state index in [4.69, 9.17) is 9.15 Å². The van der Waals surface area contributed by atoms with Crippen LogP contribution in [0.4, 0.5) is 0 Å². The molecule has 3 aromatic rings. The molecule has 0 aliphatic rings. The van der Waals surface area contributed by atoms with Crippen LogP contribution in [0.25, 0.3) is 11.0 Å². The molecular formula is C15H15N5O5. The Bertz CT molecular complexity index is 889. The summed E-state index contributed by atoms with van der Waals surface area (Å²) in [5.74, 6) is -0.795. The summed E-state index contributed by atoms with van der Waals surface area (Å²) in [4.78, 5) is 24.4. The molecule has 0 aliphatic heterocycles. The highest BCUT2D eigenvalue weighted by molar-refractivity contribution is 6.00. The number of amides is 2. The molecule has 25 heavy (non-hydrogen) atoms. The minimum atomic E-state index is -1.18. The number of aromatic nitrogens is 3. The van der Waals surface area contributed by atoms with E-state index in [0.717, 1.165) is 0 Å². The zero-order chi connectivity index (χ0) is 17.8. The molecule has 0 radical (unpaired) electrons. The zero-order valence-electron chi connectivity index (χ0n) is 13.2. The Hall–Kier alpha value is -3.40. The highest BCUT2D eigenvalue weighted by Crippen LogP contribution is 2.28. The van der Waals surface area contributed by atoms with Crippen molar-refractivity contribution in [3.63, 3.8) is 0 Å². The molecule has 0 saturated carbocycles. The summed E-state index contributed by atoms with van der Waals surface area (Å²) in [7, 11) is 1.49. The minimum Gasteiger partial charge on any atom is -0.493 e. The lowest BCUT2D eigenvalue weighted by Gasteiger charge is -2.15. The van der Waals surface area contributed by atoms with Crippen LogP contribution in [-0.2, 0) is 4.79 Å². The van der Waals surface area contributed by atoms with Gasteiger partial charge in [-0.1, -0.05) is 12.1 Å². The van der Waals surface area contributed by atoms with Gasteiger partial charge in [-0.05, 0) is 12.1 Å². The normalized spacial score (nSPS) is 11.9. The van der Waals surface area contributed by atoms with Gasteiger partial charge in [-0.2, -0.15) is 0 Å². The van der Waals surface area contributed by atoms with Crippen molar-refractivity contribution in [3.8, 4) is 5.75 Å². The molecule has 1 atom stereocenters. The highest BCUT2D eigenvalue weighted by atomic mass is 16.5. The zero-order valence-corrected chi connectivity index (χ0v) is 13.2. The van der Waals surface area contributed by atoms with Gasteiger partial charge in [0.05, 0.1) is 13.7 Å². The fraction of sp³-hybridized carbons (Fsp3) is 0.200. The number of ether oxygens (including phenoxy) is 1. The molecule has 0 saturated heterocycles. The maximum Gasteiger partial charge on any atom is 0.287 e. The van der Waals surface area contributed by atoms with Crippen molar-refractivity contribution in [3.05, 3.63) is 42.7 Å². The predicted molar refractivity (Wildman–Crippen MR) is 85.5 cm³/mol. The average Bonchev–Trinajstić information content (AvgIpc) is 3.28. The number of benzene rings is 1. The van der Waals surface area contributed by atoms with Crippen LogP contribution in [0.1, 0.15) is 10.6 Å². The van der Waals surface area contributed by atoms with E-state index in [-0.39, 0.29) is 5.76 Å². The maximum absolute atomic E-state index is 12.3. The van der Waals surface area contributed by atoms with E-state index >= 15 is 0 Å².